The molecule has 9 heteroatoms. The van der Waals surface area contributed by atoms with E-state index in [0.717, 1.165) is 10.5 Å². The Labute approximate surface area is 158 Å². The lowest BCUT2D eigenvalue weighted by Crippen LogP contribution is -2.07. The van der Waals surface area contributed by atoms with Crippen molar-refractivity contribution in [3.05, 3.63) is 70.3 Å². The van der Waals surface area contributed by atoms with Crippen LogP contribution in [0.4, 0.5) is 11.7 Å². The molecule has 0 bridgehead atoms. The Morgan fingerprint density at radius 1 is 1.22 bits per heavy atom. The maximum absolute atomic E-state index is 12.0. The Kier molecular flexibility index (Phi) is 5.62. The molecule has 3 aromatic rings. The van der Waals surface area contributed by atoms with Gasteiger partial charge < -0.3 is 4.42 Å². The molecular weight excluding hydrogens is 368 g/mol. The van der Waals surface area contributed by atoms with Gasteiger partial charge >= 0.3 is 6.01 Å². The van der Waals surface area contributed by atoms with Crippen LogP contribution in [0.1, 0.15) is 5.56 Å². The van der Waals surface area contributed by atoms with E-state index in [1.165, 1.54) is 24.3 Å². The summed E-state index contributed by atoms with van der Waals surface area (Å²) in [6.45, 7) is 0. The molecule has 0 saturated heterocycles. The smallest absolute Gasteiger partial charge is 0.322 e. The SMILES string of the molecule is CSc1ccccc1-c1nnc(NC(=O)/C=C/c2cccc([N+](=O)[O-])c2)o1. The van der Waals surface area contributed by atoms with Gasteiger partial charge in [-0.3, -0.25) is 20.2 Å². The third-order valence-corrected chi connectivity index (χ3v) is 4.30. The number of rotatable bonds is 6. The molecule has 2 aromatic carbocycles. The summed E-state index contributed by atoms with van der Waals surface area (Å²) in [6.07, 6.45) is 4.64. The van der Waals surface area contributed by atoms with E-state index in [2.05, 4.69) is 15.5 Å². The number of hydrogen-bond acceptors (Lipinski definition) is 7. The van der Waals surface area contributed by atoms with E-state index in [1.807, 2.05) is 30.5 Å². The van der Waals surface area contributed by atoms with Gasteiger partial charge in [0.05, 0.1) is 10.5 Å². The molecular formula is C18H14N4O4S. The van der Waals surface area contributed by atoms with Crippen LogP contribution in [-0.4, -0.2) is 27.3 Å². The molecule has 0 aliphatic heterocycles. The standard InChI is InChI=1S/C18H14N4O4S/c1-27-15-8-3-2-7-14(15)17-20-21-18(26-17)19-16(23)10-9-12-5-4-6-13(11-12)22(24)25/h2-11H,1H3,(H,19,21,23)/b10-9+. The number of non-ortho nitro benzene ring substituents is 1. The number of thioether (sulfide) groups is 1. The van der Waals surface area contributed by atoms with Crippen molar-refractivity contribution in [3.8, 4) is 11.5 Å². The number of nitrogens with zero attached hydrogens (tertiary/aromatic N) is 3. The minimum Gasteiger partial charge on any atom is -0.403 e. The minimum absolute atomic E-state index is 0.0328. The highest BCUT2D eigenvalue weighted by atomic mass is 32.2. The van der Waals surface area contributed by atoms with Crippen LogP contribution in [0.15, 0.2) is 63.9 Å². The first-order chi connectivity index (χ1) is 13.1. The van der Waals surface area contributed by atoms with Gasteiger partial charge in [-0.2, -0.15) is 0 Å². The van der Waals surface area contributed by atoms with Crippen LogP contribution in [0.3, 0.4) is 0 Å². The molecule has 1 N–H and O–H groups in total. The number of carbonyl (C=O) groups excluding carboxylic acids is 1. The second-order valence-electron chi connectivity index (χ2n) is 5.29. The topological polar surface area (TPSA) is 111 Å². The lowest BCUT2D eigenvalue weighted by Gasteiger charge is -2.01. The Bertz CT molecular complexity index is 1020. The van der Waals surface area contributed by atoms with Crippen molar-refractivity contribution in [2.45, 2.75) is 4.90 Å². The molecule has 0 saturated carbocycles. The van der Waals surface area contributed by atoms with E-state index in [1.54, 1.807) is 23.9 Å². The molecule has 0 atom stereocenters. The molecule has 0 radical (unpaired) electrons. The Hall–Kier alpha value is -3.46. The molecule has 27 heavy (non-hydrogen) atoms. The number of nitro benzene ring substituents is 1. The van der Waals surface area contributed by atoms with Gasteiger partial charge in [-0.25, -0.2) is 0 Å². The molecule has 3 rings (SSSR count). The van der Waals surface area contributed by atoms with Crippen molar-refractivity contribution >= 4 is 35.4 Å². The van der Waals surface area contributed by atoms with Gasteiger partial charge in [0.25, 0.3) is 17.5 Å². The van der Waals surface area contributed by atoms with Crippen LogP contribution in [0.5, 0.6) is 0 Å². The van der Waals surface area contributed by atoms with Crippen molar-refractivity contribution in [3.63, 3.8) is 0 Å². The van der Waals surface area contributed by atoms with E-state index >= 15 is 0 Å². The van der Waals surface area contributed by atoms with Crippen molar-refractivity contribution in [2.24, 2.45) is 0 Å². The molecule has 0 fully saturated rings. The minimum atomic E-state index is -0.496. The van der Waals surface area contributed by atoms with Crippen LogP contribution in [-0.2, 0) is 4.79 Å². The summed E-state index contributed by atoms with van der Waals surface area (Å²) in [6, 6.07) is 13.5. The highest BCUT2D eigenvalue weighted by molar-refractivity contribution is 7.98. The summed E-state index contributed by atoms with van der Waals surface area (Å²) in [5.41, 5.74) is 1.26. The number of carbonyl (C=O) groups is 1. The molecule has 1 heterocycles. The van der Waals surface area contributed by atoms with Gasteiger partial charge in [-0.05, 0) is 30.0 Å². The van der Waals surface area contributed by atoms with E-state index < -0.39 is 10.8 Å². The average Bonchev–Trinajstić information content (AvgIpc) is 3.14. The second-order valence-corrected chi connectivity index (χ2v) is 6.14. The Balaban J connectivity index is 1.69. The number of nitro groups is 1. The fourth-order valence-corrected chi connectivity index (χ4v) is 2.85. The summed E-state index contributed by atoms with van der Waals surface area (Å²) in [5.74, 6) is -0.187. The largest absolute Gasteiger partial charge is 0.403 e. The fourth-order valence-electron chi connectivity index (χ4n) is 2.26. The van der Waals surface area contributed by atoms with E-state index in [4.69, 9.17) is 4.42 Å². The number of nitrogens with one attached hydrogen (secondary N) is 1. The predicted molar refractivity (Wildman–Crippen MR) is 102 cm³/mol. The maximum Gasteiger partial charge on any atom is 0.322 e. The molecule has 1 amide bonds. The zero-order valence-electron chi connectivity index (χ0n) is 14.2. The van der Waals surface area contributed by atoms with E-state index in [0.29, 0.717) is 11.5 Å². The van der Waals surface area contributed by atoms with Gasteiger partial charge in [0.2, 0.25) is 0 Å². The van der Waals surface area contributed by atoms with Crippen LogP contribution in [0.2, 0.25) is 0 Å². The van der Waals surface area contributed by atoms with Crippen LogP contribution < -0.4 is 5.32 Å². The highest BCUT2D eigenvalue weighted by Crippen LogP contribution is 2.29. The molecule has 1 aromatic heterocycles. The van der Waals surface area contributed by atoms with Gasteiger partial charge in [0.1, 0.15) is 0 Å². The number of anilines is 1. The molecule has 0 aliphatic rings. The summed E-state index contributed by atoms with van der Waals surface area (Å²) >= 11 is 1.55. The van der Waals surface area contributed by atoms with Crippen molar-refractivity contribution in [1.29, 1.82) is 0 Å². The molecule has 8 nitrogen and oxygen atoms in total. The van der Waals surface area contributed by atoms with Crippen molar-refractivity contribution in [1.82, 2.24) is 10.2 Å². The number of amides is 1. The zero-order valence-corrected chi connectivity index (χ0v) is 15.0. The van der Waals surface area contributed by atoms with Gasteiger partial charge in [-0.1, -0.05) is 29.4 Å². The lowest BCUT2D eigenvalue weighted by molar-refractivity contribution is -0.384. The Morgan fingerprint density at radius 3 is 2.81 bits per heavy atom. The summed E-state index contributed by atoms with van der Waals surface area (Å²) < 4.78 is 5.49. The molecule has 0 aliphatic carbocycles. The van der Waals surface area contributed by atoms with Gasteiger partial charge in [0, 0.05) is 23.1 Å². The third-order valence-electron chi connectivity index (χ3n) is 3.50. The third kappa shape index (κ3) is 4.59. The maximum atomic E-state index is 12.0. The first kappa shape index (κ1) is 18.3. The van der Waals surface area contributed by atoms with Crippen LogP contribution in [0, 0.1) is 10.1 Å². The van der Waals surface area contributed by atoms with Crippen molar-refractivity contribution in [2.75, 3.05) is 11.6 Å². The number of aromatic nitrogens is 2. The molecule has 0 unspecified atom stereocenters. The quantitative estimate of drug-likeness (QED) is 0.297. The monoisotopic (exact) mass is 382 g/mol. The second kappa shape index (κ2) is 8.28. The Morgan fingerprint density at radius 2 is 2.04 bits per heavy atom. The number of benzene rings is 2. The first-order valence-electron chi connectivity index (χ1n) is 7.77. The fraction of sp³-hybridized carbons (Fsp3) is 0.0556. The molecule has 136 valence electrons. The van der Waals surface area contributed by atoms with Crippen LogP contribution in [0.25, 0.3) is 17.5 Å². The first-order valence-corrected chi connectivity index (χ1v) is 8.99. The normalized spacial score (nSPS) is 10.9. The van der Waals surface area contributed by atoms with Gasteiger partial charge in [0.15, 0.2) is 0 Å². The summed E-state index contributed by atoms with van der Waals surface area (Å²) in [4.78, 5) is 23.3. The highest BCUT2D eigenvalue weighted by Gasteiger charge is 2.13. The van der Waals surface area contributed by atoms with Crippen molar-refractivity contribution < 1.29 is 14.1 Å². The summed E-state index contributed by atoms with van der Waals surface area (Å²) in [5, 5.41) is 21.0. The van der Waals surface area contributed by atoms with E-state index in [-0.39, 0.29) is 11.7 Å². The summed E-state index contributed by atoms with van der Waals surface area (Å²) in [7, 11) is 0. The number of hydrogen-bond donors (Lipinski definition) is 1. The lowest BCUT2D eigenvalue weighted by atomic mass is 10.2. The van der Waals surface area contributed by atoms with E-state index in [9.17, 15) is 14.9 Å². The zero-order chi connectivity index (χ0) is 19.2. The average molecular weight is 382 g/mol. The predicted octanol–water partition coefficient (Wildman–Crippen LogP) is 4.02. The van der Waals surface area contributed by atoms with Crippen LogP contribution >= 0.6 is 11.8 Å². The van der Waals surface area contributed by atoms with Gasteiger partial charge in [-0.15, -0.1) is 16.9 Å². The molecule has 0 spiro atoms.